The molecule has 0 atom stereocenters. The van der Waals surface area contributed by atoms with Gasteiger partial charge in [0.05, 0.1) is 5.56 Å². The van der Waals surface area contributed by atoms with Crippen molar-refractivity contribution >= 4 is 18.5 Å². The topological polar surface area (TPSA) is 69.6 Å². The largest absolute Gasteiger partial charge is 0.488 e. The number of alkyl halides is 3. The average Bonchev–Trinajstić information content (AvgIpc) is 2.52. The predicted molar refractivity (Wildman–Crippen MR) is 78.8 cm³/mol. The Morgan fingerprint density at radius 3 is 2.25 bits per heavy atom. The van der Waals surface area contributed by atoms with Crippen LogP contribution in [-0.4, -0.2) is 23.1 Å². The van der Waals surface area contributed by atoms with Crippen LogP contribution in [0.3, 0.4) is 0 Å². The van der Waals surface area contributed by atoms with Gasteiger partial charge in [-0.25, -0.2) is 4.39 Å². The maximum absolute atomic E-state index is 13.2. The molecular formula is C15H12BF4NO3. The number of carbonyl (C=O) groups excluding carboxylic acids is 1. The Labute approximate surface area is 134 Å². The molecule has 0 aliphatic rings. The van der Waals surface area contributed by atoms with E-state index in [1.54, 1.807) is 0 Å². The third-order valence-corrected chi connectivity index (χ3v) is 3.26. The van der Waals surface area contributed by atoms with E-state index in [2.05, 4.69) is 5.32 Å². The van der Waals surface area contributed by atoms with E-state index in [4.69, 9.17) is 10.0 Å². The molecule has 24 heavy (non-hydrogen) atoms. The summed E-state index contributed by atoms with van der Waals surface area (Å²) >= 11 is 0. The lowest BCUT2D eigenvalue weighted by Crippen LogP contribution is -2.30. The lowest BCUT2D eigenvalue weighted by Gasteiger charge is -2.10. The minimum atomic E-state index is -4.89. The van der Waals surface area contributed by atoms with Crippen molar-refractivity contribution in [3.05, 3.63) is 65.0 Å². The molecular weight excluding hydrogens is 329 g/mol. The van der Waals surface area contributed by atoms with Crippen molar-refractivity contribution < 1.29 is 32.4 Å². The zero-order valence-electron chi connectivity index (χ0n) is 12.1. The molecule has 0 aliphatic heterocycles. The maximum atomic E-state index is 13.2. The third kappa shape index (κ3) is 4.33. The van der Waals surface area contributed by atoms with Gasteiger partial charge in [0, 0.05) is 12.1 Å². The van der Waals surface area contributed by atoms with Crippen LogP contribution in [0.15, 0.2) is 42.5 Å². The maximum Gasteiger partial charge on any atom is 0.488 e. The molecule has 3 N–H and O–H groups in total. The Hall–Kier alpha value is -2.39. The highest BCUT2D eigenvalue weighted by molar-refractivity contribution is 6.58. The van der Waals surface area contributed by atoms with Crippen LogP contribution in [0.4, 0.5) is 17.6 Å². The van der Waals surface area contributed by atoms with E-state index < -0.39 is 30.6 Å². The van der Waals surface area contributed by atoms with Gasteiger partial charge in [-0.05, 0) is 29.2 Å². The summed E-state index contributed by atoms with van der Waals surface area (Å²) in [6.07, 6.45) is -4.89. The molecule has 0 fully saturated rings. The summed E-state index contributed by atoms with van der Waals surface area (Å²) in [6, 6.07) is 7.94. The second-order valence-electron chi connectivity index (χ2n) is 4.99. The number of nitrogens with one attached hydrogen (secondary N) is 1. The quantitative estimate of drug-likeness (QED) is 0.583. The van der Waals surface area contributed by atoms with Crippen molar-refractivity contribution in [2.75, 3.05) is 0 Å². The molecule has 0 radical (unpaired) electrons. The fourth-order valence-corrected chi connectivity index (χ4v) is 1.98. The molecule has 0 aromatic heterocycles. The van der Waals surface area contributed by atoms with Crippen molar-refractivity contribution in [1.29, 1.82) is 0 Å². The number of halogens is 4. The molecule has 9 heteroatoms. The predicted octanol–water partition coefficient (Wildman–Crippen LogP) is 1.45. The molecule has 1 amide bonds. The van der Waals surface area contributed by atoms with Gasteiger partial charge in [-0.15, -0.1) is 0 Å². The summed E-state index contributed by atoms with van der Waals surface area (Å²) in [4.78, 5) is 11.9. The lowest BCUT2D eigenvalue weighted by molar-refractivity contribution is -0.140. The molecule has 0 saturated heterocycles. The molecule has 0 aliphatic carbocycles. The van der Waals surface area contributed by atoms with Gasteiger partial charge >= 0.3 is 13.3 Å². The van der Waals surface area contributed by atoms with E-state index in [-0.39, 0.29) is 17.6 Å². The van der Waals surface area contributed by atoms with Crippen LogP contribution in [0.25, 0.3) is 0 Å². The van der Waals surface area contributed by atoms with E-state index in [1.165, 1.54) is 24.3 Å². The second-order valence-corrected chi connectivity index (χ2v) is 4.99. The summed E-state index contributed by atoms with van der Waals surface area (Å²) in [7, 11) is -1.62. The first-order chi connectivity index (χ1) is 11.2. The summed E-state index contributed by atoms with van der Waals surface area (Å²) in [6.45, 7) is 0.0133. The number of benzene rings is 2. The van der Waals surface area contributed by atoms with Crippen molar-refractivity contribution in [3.63, 3.8) is 0 Å². The van der Waals surface area contributed by atoms with E-state index in [0.29, 0.717) is 17.7 Å². The Bertz CT molecular complexity index is 732. The highest BCUT2D eigenvalue weighted by atomic mass is 19.4. The normalized spacial score (nSPS) is 11.2. The SMILES string of the molecule is O=C(NCc1ccc(B(O)O)cc1)c1ccc(F)c(C(F)(F)F)c1. The van der Waals surface area contributed by atoms with Crippen LogP contribution in [0.5, 0.6) is 0 Å². The summed E-state index contributed by atoms with van der Waals surface area (Å²) < 4.78 is 51.1. The Morgan fingerprint density at radius 2 is 1.71 bits per heavy atom. The van der Waals surface area contributed by atoms with E-state index in [9.17, 15) is 22.4 Å². The van der Waals surface area contributed by atoms with Gasteiger partial charge in [0.1, 0.15) is 5.82 Å². The van der Waals surface area contributed by atoms with E-state index >= 15 is 0 Å². The van der Waals surface area contributed by atoms with Crippen LogP contribution in [0.1, 0.15) is 21.5 Å². The fourth-order valence-electron chi connectivity index (χ4n) is 1.98. The van der Waals surface area contributed by atoms with E-state index in [0.717, 1.165) is 6.07 Å². The second kappa shape index (κ2) is 7.02. The first-order valence-corrected chi connectivity index (χ1v) is 6.78. The number of carbonyl (C=O) groups is 1. The first-order valence-electron chi connectivity index (χ1n) is 6.78. The smallest absolute Gasteiger partial charge is 0.423 e. The molecule has 0 bridgehead atoms. The number of amides is 1. The minimum absolute atomic E-state index is 0.0133. The first kappa shape index (κ1) is 18.0. The van der Waals surface area contributed by atoms with E-state index in [1.807, 2.05) is 0 Å². The molecule has 0 saturated carbocycles. The lowest BCUT2D eigenvalue weighted by atomic mass is 9.80. The molecule has 2 aromatic rings. The number of rotatable bonds is 4. The fraction of sp³-hybridized carbons (Fsp3) is 0.133. The van der Waals surface area contributed by atoms with Crippen LogP contribution < -0.4 is 10.8 Å². The molecule has 126 valence electrons. The summed E-state index contributed by atoms with van der Waals surface area (Å²) in [5.74, 6) is -2.23. The van der Waals surface area contributed by atoms with Gasteiger partial charge in [0.25, 0.3) is 5.91 Å². The molecule has 4 nitrogen and oxygen atoms in total. The zero-order valence-corrected chi connectivity index (χ0v) is 12.1. The average molecular weight is 341 g/mol. The Morgan fingerprint density at radius 1 is 1.08 bits per heavy atom. The summed E-state index contributed by atoms with van der Waals surface area (Å²) in [5.41, 5.74) is -0.952. The van der Waals surface area contributed by atoms with Gasteiger partial charge in [0.15, 0.2) is 0 Å². The highest BCUT2D eigenvalue weighted by Gasteiger charge is 2.34. The monoisotopic (exact) mass is 341 g/mol. The summed E-state index contributed by atoms with van der Waals surface area (Å²) in [5, 5.41) is 20.3. The van der Waals surface area contributed by atoms with Gasteiger partial charge in [-0.3, -0.25) is 4.79 Å². The Balaban J connectivity index is 2.07. The van der Waals surface area contributed by atoms with Crippen LogP contribution in [0.2, 0.25) is 0 Å². The standard InChI is InChI=1S/C15H12BF4NO3/c17-13-6-3-10(7-12(13)15(18,19)20)14(22)21-8-9-1-4-11(5-2-9)16(23)24/h1-7,23-24H,8H2,(H,21,22). The third-order valence-electron chi connectivity index (χ3n) is 3.26. The highest BCUT2D eigenvalue weighted by Crippen LogP contribution is 2.31. The van der Waals surface area contributed by atoms with Gasteiger partial charge < -0.3 is 15.4 Å². The van der Waals surface area contributed by atoms with Gasteiger partial charge in [-0.2, -0.15) is 13.2 Å². The van der Waals surface area contributed by atoms with Crippen molar-refractivity contribution in [1.82, 2.24) is 5.32 Å². The molecule has 0 spiro atoms. The zero-order chi connectivity index (χ0) is 17.9. The van der Waals surface area contributed by atoms with Crippen LogP contribution >= 0.6 is 0 Å². The Kier molecular flexibility index (Phi) is 5.25. The number of hydrogen-bond acceptors (Lipinski definition) is 3. The molecule has 0 heterocycles. The van der Waals surface area contributed by atoms with Gasteiger partial charge in [0.2, 0.25) is 0 Å². The van der Waals surface area contributed by atoms with Crippen molar-refractivity contribution in [2.24, 2.45) is 0 Å². The minimum Gasteiger partial charge on any atom is -0.423 e. The molecule has 0 unspecified atom stereocenters. The van der Waals surface area contributed by atoms with Gasteiger partial charge in [-0.1, -0.05) is 24.3 Å². The van der Waals surface area contributed by atoms with Crippen molar-refractivity contribution in [2.45, 2.75) is 12.7 Å². The van der Waals surface area contributed by atoms with Crippen molar-refractivity contribution in [3.8, 4) is 0 Å². The van der Waals surface area contributed by atoms with Crippen LogP contribution in [-0.2, 0) is 12.7 Å². The molecule has 2 aromatic carbocycles. The molecule has 2 rings (SSSR count). The number of hydrogen-bond donors (Lipinski definition) is 3. The van der Waals surface area contributed by atoms with Crippen LogP contribution in [0, 0.1) is 5.82 Å².